The van der Waals surface area contributed by atoms with Crippen molar-refractivity contribution in [3.8, 4) is 5.75 Å². The number of anilines is 1. The number of halogens is 1. The summed E-state index contributed by atoms with van der Waals surface area (Å²) in [5.74, 6) is 0.923. The molecule has 0 radical (unpaired) electrons. The quantitative estimate of drug-likeness (QED) is 0.438. The van der Waals surface area contributed by atoms with Gasteiger partial charge in [-0.25, -0.2) is 0 Å². The van der Waals surface area contributed by atoms with Crippen molar-refractivity contribution >= 4 is 23.2 Å². The lowest BCUT2D eigenvalue weighted by Crippen LogP contribution is -2.10. The minimum atomic E-state index is -0.352. The number of nitrogens with zero attached hydrogens (tertiary/aromatic N) is 2. The van der Waals surface area contributed by atoms with Gasteiger partial charge in [0.25, 0.3) is 5.91 Å². The summed E-state index contributed by atoms with van der Waals surface area (Å²) < 4.78 is 13.0. The van der Waals surface area contributed by atoms with Crippen LogP contribution in [-0.4, -0.2) is 15.7 Å². The largest absolute Gasteiger partial charge is 0.484 e. The van der Waals surface area contributed by atoms with Crippen LogP contribution in [0, 0.1) is 6.92 Å². The lowest BCUT2D eigenvalue weighted by Gasteiger charge is -2.05. The van der Waals surface area contributed by atoms with Crippen LogP contribution in [-0.2, 0) is 13.2 Å². The molecule has 0 unspecified atom stereocenters. The molecule has 0 saturated carbocycles. The van der Waals surface area contributed by atoms with Crippen molar-refractivity contribution in [3.05, 3.63) is 101 Å². The summed E-state index contributed by atoms with van der Waals surface area (Å²) in [6.07, 6.45) is 3.40. The maximum absolute atomic E-state index is 12.5. The van der Waals surface area contributed by atoms with E-state index in [1.54, 1.807) is 41.3 Å². The maximum atomic E-state index is 12.5. The van der Waals surface area contributed by atoms with Gasteiger partial charge in [0.15, 0.2) is 5.76 Å². The molecule has 0 spiro atoms. The molecule has 2 aromatic carbocycles. The Kier molecular flexibility index (Phi) is 5.86. The molecule has 2 heterocycles. The van der Waals surface area contributed by atoms with Gasteiger partial charge in [-0.15, -0.1) is 0 Å². The summed E-state index contributed by atoms with van der Waals surface area (Å²) in [6, 6.07) is 18.6. The normalized spacial score (nSPS) is 10.7. The zero-order chi connectivity index (χ0) is 20.9. The number of hydrogen-bond acceptors (Lipinski definition) is 4. The second-order valence-corrected chi connectivity index (χ2v) is 7.20. The first-order valence-electron chi connectivity index (χ1n) is 9.43. The van der Waals surface area contributed by atoms with Crippen LogP contribution in [0.4, 0.5) is 5.69 Å². The van der Waals surface area contributed by atoms with E-state index in [0.29, 0.717) is 28.8 Å². The molecule has 0 aliphatic carbocycles. The van der Waals surface area contributed by atoms with Crippen molar-refractivity contribution in [1.29, 1.82) is 0 Å². The van der Waals surface area contributed by atoms with Gasteiger partial charge in [-0.3, -0.25) is 9.48 Å². The minimum absolute atomic E-state index is 0.172. The average molecular weight is 422 g/mol. The molecular weight excluding hydrogens is 402 g/mol. The summed E-state index contributed by atoms with van der Waals surface area (Å²) >= 11 is 6.07. The molecule has 0 fully saturated rings. The van der Waals surface area contributed by atoms with Crippen LogP contribution in [0.1, 0.15) is 27.4 Å². The molecule has 2 aromatic heterocycles. The molecule has 1 N–H and O–H groups in total. The van der Waals surface area contributed by atoms with Gasteiger partial charge in [0, 0.05) is 6.20 Å². The van der Waals surface area contributed by atoms with Gasteiger partial charge >= 0.3 is 0 Å². The van der Waals surface area contributed by atoms with Crippen LogP contribution in [0.2, 0.25) is 5.02 Å². The second-order valence-electron chi connectivity index (χ2n) is 6.79. The standard InChI is InChI=1S/C23H20ClN3O3/c1-16-6-2-3-7-17(16)13-27-14-18(12-25-27)26-23(28)22-11-10-19(30-22)15-29-21-9-5-4-8-20(21)24/h2-12,14H,13,15H2,1H3,(H,26,28). The fraction of sp³-hybridized carbons (Fsp3) is 0.130. The number of aryl methyl sites for hydroxylation is 1. The number of carbonyl (C=O) groups excluding carboxylic acids is 1. The third-order valence-electron chi connectivity index (χ3n) is 4.58. The predicted octanol–water partition coefficient (Wildman–Crippen LogP) is 5.32. The third kappa shape index (κ3) is 4.72. The highest BCUT2D eigenvalue weighted by Gasteiger charge is 2.13. The summed E-state index contributed by atoms with van der Waals surface area (Å²) in [5, 5.41) is 7.63. The summed E-state index contributed by atoms with van der Waals surface area (Å²) in [4.78, 5) is 12.5. The number of benzene rings is 2. The lowest BCUT2D eigenvalue weighted by atomic mass is 10.1. The van der Waals surface area contributed by atoms with Crippen molar-refractivity contribution in [2.75, 3.05) is 5.32 Å². The fourth-order valence-electron chi connectivity index (χ4n) is 2.96. The molecule has 0 aliphatic rings. The molecule has 7 heteroatoms. The van der Waals surface area contributed by atoms with Crippen molar-refractivity contribution < 1.29 is 13.9 Å². The Balaban J connectivity index is 1.35. The smallest absolute Gasteiger partial charge is 0.291 e. The fourth-order valence-corrected chi connectivity index (χ4v) is 3.15. The highest BCUT2D eigenvalue weighted by molar-refractivity contribution is 6.32. The molecule has 152 valence electrons. The molecule has 0 bridgehead atoms. The number of furan rings is 1. The zero-order valence-electron chi connectivity index (χ0n) is 16.3. The van der Waals surface area contributed by atoms with Gasteiger partial charge in [0.1, 0.15) is 18.1 Å². The van der Waals surface area contributed by atoms with Crippen molar-refractivity contribution in [2.24, 2.45) is 0 Å². The number of aromatic nitrogens is 2. The second kappa shape index (κ2) is 8.88. The first-order valence-corrected chi connectivity index (χ1v) is 9.80. The zero-order valence-corrected chi connectivity index (χ0v) is 17.1. The van der Waals surface area contributed by atoms with Crippen LogP contribution >= 0.6 is 11.6 Å². The Morgan fingerprint density at radius 2 is 1.93 bits per heavy atom. The van der Waals surface area contributed by atoms with E-state index in [0.717, 1.165) is 0 Å². The molecule has 30 heavy (non-hydrogen) atoms. The predicted molar refractivity (Wildman–Crippen MR) is 115 cm³/mol. The third-order valence-corrected chi connectivity index (χ3v) is 4.89. The topological polar surface area (TPSA) is 69.3 Å². The highest BCUT2D eigenvalue weighted by Crippen LogP contribution is 2.24. The number of carbonyl (C=O) groups is 1. The number of hydrogen-bond donors (Lipinski definition) is 1. The van der Waals surface area contributed by atoms with E-state index in [4.69, 9.17) is 20.8 Å². The van der Waals surface area contributed by atoms with E-state index >= 15 is 0 Å². The first-order chi connectivity index (χ1) is 14.6. The van der Waals surface area contributed by atoms with Gasteiger partial charge in [-0.1, -0.05) is 48.0 Å². The number of para-hydroxylation sites is 1. The molecule has 4 rings (SSSR count). The minimum Gasteiger partial charge on any atom is -0.484 e. The van der Waals surface area contributed by atoms with Gasteiger partial charge in [0.2, 0.25) is 0 Å². The van der Waals surface area contributed by atoms with Crippen LogP contribution in [0.25, 0.3) is 0 Å². The van der Waals surface area contributed by atoms with E-state index in [-0.39, 0.29) is 18.3 Å². The van der Waals surface area contributed by atoms with E-state index in [1.807, 2.05) is 24.3 Å². The molecule has 6 nitrogen and oxygen atoms in total. The van der Waals surface area contributed by atoms with Gasteiger partial charge in [0.05, 0.1) is 23.5 Å². The summed E-state index contributed by atoms with van der Waals surface area (Å²) in [5.41, 5.74) is 2.97. The Morgan fingerprint density at radius 1 is 1.13 bits per heavy atom. The van der Waals surface area contributed by atoms with E-state index < -0.39 is 0 Å². The van der Waals surface area contributed by atoms with Crippen LogP contribution in [0.3, 0.4) is 0 Å². The van der Waals surface area contributed by atoms with Crippen molar-refractivity contribution in [2.45, 2.75) is 20.1 Å². The van der Waals surface area contributed by atoms with E-state index in [9.17, 15) is 4.79 Å². The maximum Gasteiger partial charge on any atom is 0.291 e. The van der Waals surface area contributed by atoms with Crippen molar-refractivity contribution in [1.82, 2.24) is 9.78 Å². The highest BCUT2D eigenvalue weighted by atomic mass is 35.5. The Hall–Kier alpha value is -3.51. The monoisotopic (exact) mass is 421 g/mol. The number of nitrogens with one attached hydrogen (secondary N) is 1. The van der Waals surface area contributed by atoms with E-state index in [2.05, 4.69) is 29.5 Å². The van der Waals surface area contributed by atoms with Gasteiger partial charge in [-0.2, -0.15) is 5.10 Å². The molecule has 0 aliphatic heterocycles. The first kappa shape index (κ1) is 19.8. The Morgan fingerprint density at radius 3 is 2.77 bits per heavy atom. The van der Waals surface area contributed by atoms with Gasteiger partial charge in [-0.05, 0) is 42.3 Å². The molecular formula is C23H20ClN3O3. The van der Waals surface area contributed by atoms with E-state index in [1.165, 1.54) is 11.1 Å². The Labute approximate surface area is 179 Å². The average Bonchev–Trinajstić information content (AvgIpc) is 3.39. The van der Waals surface area contributed by atoms with Crippen LogP contribution in [0.5, 0.6) is 5.75 Å². The summed E-state index contributed by atoms with van der Waals surface area (Å²) in [6.45, 7) is 2.86. The molecule has 4 aromatic rings. The number of ether oxygens (including phenoxy) is 1. The van der Waals surface area contributed by atoms with Gasteiger partial charge < -0.3 is 14.5 Å². The molecule has 1 amide bonds. The summed E-state index contributed by atoms with van der Waals surface area (Å²) in [7, 11) is 0. The van der Waals surface area contributed by atoms with Crippen LogP contribution in [0.15, 0.2) is 77.5 Å². The number of rotatable bonds is 7. The Bertz CT molecular complexity index is 1170. The number of amides is 1. The SMILES string of the molecule is Cc1ccccc1Cn1cc(NC(=O)c2ccc(COc3ccccc3Cl)o2)cn1. The van der Waals surface area contributed by atoms with Crippen LogP contribution < -0.4 is 10.1 Å². The lowest BCUT2D eigenvalue weighted by molar-refractivity contribution is 0.0992. The molecule has 0 atom stereocenters. The molecule has 0 saturated heterocycles. The van der Waals surface area contributed by atoms with Crippen molar-refractivity contribution in [3.63, 3.8) is 0 Å².